The van der Waals surface area contributed by atoms with Crippen LogP contribution in [0.4, 0.5) is 11.4 Å². The number of nitro benzene ring substituents is 1. The standard InChI is InChI=1S/C17H26N4O5S/c1-14(2)18-5-7-19(8-6-18)16-4-3-15(13-17(16)21(22)23)27(24,25)20-9-11-26-12-10-20/h3-4,13-14H,5-12H2,1-2H3. The zero-order valence-electron chi connectivity index (χ0n) is 15.7. The third-order valence-corrected chi connectivity index (χ3v) is 7.03. The molecule has 1 aromatic carbocycles. The second kappa shape index (κ2) is 8.09. The molecule has 0 N–H and O–H groups in total. The van der Waals surface area contributed by atoms with Gasteiger partial charge in [-0.15, -0.1) is 0 Å². The molecule has 0 saturated carbocycles. The van der Waals surface area contributed by atoms with Crippen LogP contribution in [-0.2, 0) is 14.8 Å². The zero-order chi connectivity index (χ0) is 19.6. The number of sulfonamides is 1. The van der Waals surface area contributed by atoms with Crippen molar-refractivity contribution >= 4 is 21.4 Å². The molecule has 0 spiro atoms. The van der Waals surface area contributed by atoms with Crippen LogP contribution in [0.25, 0.3) is 0 Å². The lowest BCUT2D eigenvalue weighted by Crippen LogP contribution is -2.49. The second-order valence-electron chi connectivity index (χ2n) is 7.04. The Morgan fingerprint density at radius 3 is 2.26 bits per heavy atom. The van der Waals surface area contributed by atoms with Crippen LogP contribution in [0.15, 0.2) is 23.1 Å². The van der Waals surface area contributed by atoms with E-state index >= 15 is 0 Å². The van der Waals surface area contributed by atoms with E-state index in [1.807, 2.05) is 4.90 Å². The highest BCUT2D eigenvalue weighted by Gasteiger charge is 2.30. The van der Waals surface area contributed by atoms with E-state index in [2.05, 4.69) is 18.7 Å². The smallest absolute Gasteiger partial charge is 0.293 e. The molecule has 0 aliphatic carbocycles. The Morgan fingerprint density at radius 1 is 1.07 bits per heavy atom. The Bertz CT molecular complexity index is 785. The number of hydrogen-bond donors (Lipinski definition) is 0. The average Bonchev–Trinajstić information content (AvgIpc) is 2.68. The maximum atomic E-state index is 12.8. The predicted molar refractivity (Wildman–Crippen MR) is 102 cm³/mol. The largest absolute Gasteiger partial charge is 0.379 e. The molecule has 9 nitrogen and oxygen atoms in total. The number of rotatable bonds is 5. The third kappa shape index (κ3) is 4.23. The van der Waals surface area contributed by atoms with Crippen molar-refractivity contribution in [3.05, 3.63) is 28.3 Å². The number of benzene rings is 1. The minimum Gasteiger partial charge on any atom is -0.379 e. The molecule has 150 valence electrons. The molecule has 0 radical (unpaired) electrons. The van der Waals surface area contributed by atoms with Gasteiger partial charge in [-0.05, 0) is 26.0 Å². The molecule has 2 fully saturated rings. The summed E-state index contributed by atoms with van der Waals surface area (Å²) in [6.45, 7) is 8.43. The van der Waals surface area contributed by atoms with Crippen LogP contribution in [0.5, 0.6) is 0 Å². The van der Waals surface area contributed by atoms with Crippen LogP contribution in [0, 0.1) is 10.1 Å². The molecule has 2 heterocycles. The van der Waals surface area contributed by atoms with E-state index in [1.54, 1.807) is 6.07 Å². The zero-order valence-corrected chi connectivity index (χ0v) is 16.5. The van der Waals surface area contributed by atoms with E-state index in [9.17, 15) is 18.5 Å². The van der Waals surface area contributed by atoms with Gasteiger partial charge >= 0.3 is 0 Å². The molecule has 0 atom stereocenters. The van der Waals surface area contributed by atoms with E-state index in [1.165, 1.54) is 16.4 Å². The molecule has 3 rings (SSSR count). The lowest BCUT2D eigenvalue weighted by molar-refractivity contribution is -0.384. The van der Waals surface area contributed by atoms with Crippen LogP contribution >= 0.6 is 0 Å². The van der Waals surface area contributed by atoms with Crippen LogP contribution in [0.2, 0.25) is 0 Å². The maximum Gasteiger partial charge on any atom is 0.293 e. The Kier molecular flexibility index (Phi) is 5.99. The number of piperazine rings is 1. The van der Waals surface area contributed by atoms with Crippen molar-refractivity contribution in [1.82, 2.24) is 9.21 Å². The summed E-state index contributed by atoms with van der Waals surface area (Å²) in [7, 11) is -3.76. The van der Waals surface area contributed by atoms with Gasteiger partial charge in [0.2, 0.25) is 10.0 Å². The van der Waals surface area contributed by atoms with Gasteiger partial charge in [0.05, 0.1) is 23.0 Å². The van der Waals surface area contributed by atoms with Crippen LogP contribution in [0.3, 0.4) is 0 Å². The van der Waals surface area contributed by atoms with Gasteiger partial charge in [-0.2, -0.15) is 4.31 Å². The van der Waals surface area contributed by atoms with Gasteiger partial charge in [-0.25, -0.2) is 8.42 Å². The molecule has 0 amide bonds. The fourth-order valence-corrected chi connectivity index (χ4v) is 4.92. The first kappa shape index (κ1) is 20.0. The molecule has 2 aliphatic heterocycles. The Balaban J connectivity index is 1.86. The van der Waals surface area contributed by atoms with Crippen LogP contribution in [0.1, 0.15) is 13.8 Å². The van der Waals surface area contributed by atoms with Crippen molar-refractivity contribution in [2.75, 3.05) is 57.4 Å². The van der Waals surface area contributed by atoms with Gasteiger partial charge in [-0.1, -0.05) is 0 Å². The average molecular weight is 398 g/mol. The Labute approximate surface area is 159 Å². The molecule has 0 aromatic heterocycles. The van der Waals surface area contributed by atoms with E-state index in [0.717, 1.165) is 13.1 Å². The number of nitrogens with zero attached hydrogens (tertiary/aromatic N) is 4. The number of nitro groups is 1. The highest BCUT2D eigenvalue weighted by Crippen LogP contribution is 2.32. The summed E-state index contributed by atoms with van der Waals surface area (Å²) in [5.74, 6) is 0. The van der Waals surface area contributed by atoms with Crippen molar-refractivity contribution in [3.8, 4) is 0 Å². The number of morpholine rings is 1. The minimum atomic E-state index is -3.76. The van der Waals surface area contributed by atoms with E-state index in [0.29, 0.717) is 38.0 Å². The summed E-state index contributed by atoms with van der Waals surface area (Å²) < 4.78 is 32.1. The molecule has 0 bridgehead atoms. The van der Waals surface area contributed by atoms with Crippen molar-refractivity contribution in [3.63, 3.8) is 0 Å². The third-order valence-electron chi connectivity index (χ3n) is 5.14. The number of ether oxygens (including phenoxy) is 1. The molecular weight excluding hydrogens is 372 g/mol. The van der Waals surface area contributed by atoms with E-state index in [-0.39, 0.29) is 23.7 Å². The number of anilines is 1. The maximum absolute atomic E-state index is 12.8. The summed E-state index contributed by atoms with van der Waals surface area (Å²) >= 11 is 0. The van der Waals surface area contributed by atoms with Crippen molar-refractivity contribution in [2.24, 2.45) is 0 Å². The molecule has 2 saturated heterocycles. The summed E-state index contributed by atoms with van der Waals surface area (Å²) in [4.78, 5) is 15.4. The summed E-state index contributed by atoms with van der Waals surface area (Å²) in [5.41, 5.74) is 0.312. The Morgan fingerprint density at radius 2 is 1.70 bits per heavy atom. The van der Waals surface area contributed by atoms with Gasteiger partial charge in [0, 0.05) is 51.4 Å². The summed E-state index contributed by atoms with van der Waals surface area (Å²) in [5, 5.41) is 11.6. The van der Waals surface area contributed by atoms with Gasteiger partial charge in [0.15, 0.2) is 0 Å². The normalized spacial score (nSPS) is 20.2. The molecule has 0 unspecified atom stereocenters. The van der Waals surface area contributed by atoms with Crippen molar-refractivity contribution in [2.45, 2.75) is 24.8 Å². The van der Waals surface area contributed by atoms with Gasteiger partial charge < -0.3 is 9.64 Å². The molecule has 2 aliphatic rings. The van der Waals surface area contributed by atoms with Crippen LogP contribution < -0.4 is 4.90 Å². The second-order valence-corrected chi connectivity index (χ2v) is 8.98. The van der Waals surface area contributed by atoms with Gasteiger partial charge in [0.25, 0.3) is 5.69 Å². The summed E-state index contributed by atoms with van der Waals surface area (Å²) in [6.07, 6.45) is 0. The minimum absolute atomic E-state index is 0.0410. The van der Waals surface area contributed by atoms with Crippen LogP contribution in [-0.4, -0.2) is 81.1 Å². The quantitative estimate of drug-likeness (QED) is 0.542. The topological polar surface area (TPSA) is 96.2 Å². The van der Waals surface area contributed by atoms with E-state index < -0.39 is 14.9 Å². The highest BCUT2D eigenvalue weighted by molar-refractivity contribution is 7.89. The lowest BCUT2D eigenvalue weighted by atomic mass is 10.2. The number of hydrogen-bond acceptors (Lipinski definition) is 7. The van der Waals surface area contributed by atoms with Gasteiger partial charge in [0.1, 0.15) is 5.69 Å². The fraction of sp³-hybridized carbons (Fsp3) is 0.647. The molecule has 10 heteroatoms. The predicted octanol–water partition coefficient (Wildman–Crippen LogP) is 1.15. The first-order chi connectivity index (χ1) is 12.8. The van der Waals surface area contributed by atoms with Gasteiger partial charge in [-0.3, -0.25) is 15.0 Å². The molecule has 1 aromatic rings. The fourth-order valence-electron chi connectivity index (χ4n) is 3.49. The van der Waals surface area contributed by atoms with Crippen molar-refractivity contribution < 1.29 is 18.1 Å². The first-order valence-corrected chi connectivity index (χ1v) is 10.6. The van der Waals surface area contributed by atoms with E-state index in [4.69, 9.17) is 4.74 Å². The molecular formula is C17H26N4O5S. The summed E-state index contributed by atoms with van der Waals surface area (Å²) in [6, 6.07) is 4.66. The first-order valence-electron chi connectivity index (χ1n) is 9.16. The SMILES string of the molecule is CC(C)N1CCN(c2ccc(S(=O)(=O)N3CCOCC3)cc2[N+](=O)[O-])CC1. The Hall–Kier alpha value is -1.75. The van der Waals surface area contributed by atoms with Crippen molar-refractivity contribution in [1.29, 1.82) is 0 Å². The lowest BCUT2D eigenvalue weighted by Gasteiger charge is -2.37. The molecule has 27 heavy (non-hydrogen) atoms. The highest BCUT2D eigenvalue weighted by atomic mass is 32.2. The monoisotopic (exact) mass is 398 g/mol.